The van der Waals surface area contributed by atoms with Gasteiger partial charge in [0.15, 0.2) is 0 Å². The molecule has 0 aromatic heterocycles. The first kappa shape index (κ1) is 11.3. The molecule has 0 spiro atoms. The number of fused-ring (bicyclic) bond motifs is 1. The molecule has 1 aromatic rings. The van der Waals surface area contributed by atoms with E-state index in [1.807, 2.05) is 12.1 Å². The lowest BCUT2D eigenvalue weighted by atomic mass is 10.2. The maximum Gasteiger partial charge on any atom is 0.425 e. The fourth-order valence-electron chi connectivity index (χ4n) is 2.26. The Hall–Kier alpha value is -1.76. The zero-order valence-electron chi connectivity index (χ0n) is 9.57. The molecule has 1 fully saturated rings. The molecule has 1 saturated heterocycles. The summed E-state index contributed by atoms with van der Waals surface area (Å²) in [5.41, 5.74) is 1.63. The number of hydrogen-bond donors (Lipinski definition) is 0. The van der Waals surface area contributed by atoms with Crippen molar-refractivity contribution in [1.29, 1.82) is 0 Å². The first-order valence-electron chi connectivity index (χ1n) is 5.66. The number of ether oxygens (including phenoxy) is 1. The molecule has 1 amide bonds. The molecule has 0 N–H and O–H groups in total. The van der Waals surface area contributed by atoms with Crippen LogP contribution in [0.3, 0.4) is 0 Å². The molecule has 0 unspecified atom stereocenters. The van der Waals surface area contributed by atoms with Crippen LogP contribution in [0.4, 0.5) is 10.5 Å². The van der Waals surface area contributed by atoms with Crippen molar-refractivity contribution in [3.8, 4) is 0 Å². The molecule has 96 valence electrons. The van der Waals surface area contributed by atoms with Crippen LogP contribution in [0.15, 0.2) is 24.3 Å². The van der Waals surface area contributed by atoms with E-state index in [-0.39, 0.29) is 13.2 Å². The summed E-state index contributed by atoms with van der Waals surface area (Å²) >= 11 is 0. The van der Waals surface area contributed by atoms with Crippen molar-refractivity contribution in [2.24, 2.45) is 0 Å². The number of carbonyl (C=O) groups excluding carboxylic acids is 1. The van der Waals surface area contributed by atoms with E-state index in [2.05, 4.69) is 4.74 Å². The van der Waals surface area contributed by atoms with Gasteiger partial charge in [-0.2, -0.15) is 12.7 Å². The largest absolute Gasteiger partial charge is 0.447 e. The maximum atomic E-state index is 12.4. The second kappa shape index (κ2) is 3.88. The number of carbonyl (C=O) groups is 1. The van der Waals surface area contributed by atoms with Crippen molar-refractivity contribution < 1.29 is 17.9 Å². The second-order valence-corrected chi connectivity index (χ2v) is 5.92. The number of rotatable bonds is 2. The summed E-state index contributed by atoms with van der Waals surface area (Å²) in [5.74, 6) is 0. The van der Waals surface area contributed by atoms with Gasteiger partial charge in [-0.25, -0.2) is 4.79 Å². The monoisotopic (exact) mass is 268 g/mol. The Kier molecular flexibility index (Phi) is 2.44. The molecule has 1 aromatic carbocycles. The fraction of sp³-hybridized carbons (Fsp3) is 0.364. The first-order valence-corrected chi connectivity index (χ1v) is 7.05. The second-order valence-electron chi connectivity index (χ2n) is 4.15. The minimum atomic E-state index is -3.81. The van der Waals surface area contributed by atoms with Crippen LogP contribution >= 0.6 is 0 Å². The van der Waals surface area contributed by atoms with Crippen molar-refractivity contribution in [2.75, 3.05) is 24.0 Å². The van der Waals surface area contributed by atoms with Crippen LogP contribution in [-0.2, 0) is 21.4 Å². The van der Waals surface area contributed by atoms with E-state index < -0.39 is 16.3 Å². The first-order chi connectivity index (χ1) is 8.60. The van der Waals surface area contributed by atoms with E-state index in [9.17, 15) is 13.2 Å². The molecule has 2 aliphatic heterocycles. The zero-order chi connectivity index (χ0) is 12.8. The van der Waals surface area contributed by atoms with Gasteiger partial charge in [0.05, 0.1) is 12.2 Å². The summed E-state index contributed by atoms with van der Waals surface area (Å²) in [7, 11) is -3.81. The van der Waals surface area contributed by atoms with E-state index in [1.54, 1.807) is 12.1 Å². The van der Waals surface area contributed by atoms with Crippen LogP contribution in [0.2, 0.25) is 0 Å². The normalized spacial score (nSPS) is 19.0. The van der Waals surface area contributed by atoms with Crippen LogP contribution in [0, 0.1) is 0 Å². The van der Waals surface area contributed by atoms with Gasteiger partial charge in [-0.3, -0.25) is 4.31 Å². The van der Waals surface area contributed by atoms with E-state index in [4.69, 9.17) is 0 Å². The van der Waals surface area contributed by atoms with E-state index in [0.717, 1.165) is 9.87 Å². The molecule has 2 heterocycles. The standard InChI is InChI=1S/C11H12N2O4S/c14-11-13(7-8-17-11)18(15,16)12-6-5-9-3-1-2-4-10(9)12/h1-4H,5-8H2. The molecular weight excluding hydrogens is 256 g/mol. The van der Waals surface area contributed by atoms with Gasteiger partial charge < -0.3 is 4.74 Å². The average molecular weight is 268 g/mol. The van der Waals surface area contributed by atoms with Crippen LogP contribution in [-0.4, -0.2) is 38.5 Å². The highest BCUT2D eigenvalue weighted by molar-refractivity contribution is 7.91. The average Bonchev–Trinajstić information content (AvgIpc) is 2.95. The lowest BCUT2D eigenvalue weighted by Gasteiger charge is -2.23. The predicted molar refractivity (Wildman–Crippen MR) is 64.5 cm³/mol. The van der Waals surface area contributed by atoms with Crippen molar-refractivity contribution in [3.63, 3.8) is 0 Å². The van der Waals surface area contributed by atoms with E-state index in [1.165, 1.54) is 4.31 Å². The topological polar surface area (TPSA) is 66.9 Å². The third-order valence-corrected chi connectivity index (χ3v) is 4.95. The molecule has 7 heteroatoms. The molecule has 0 aliphatic carbocycles. The van der Waals surface area contributed by atoms with Gasteiger partial charge in [0.1, 0.15) is 6.61 Å². The lowest BCUT2D eigenvalue weighted by Crippen LogP contribution is -2.43. The summed E-state index contributed by atoms with van der Waals surface area (Å²) in [6, 6.07) is 7.31. The molecule has 2 aliphatic rings. The number of anilines is 1. The predicted octanol–water partition coefficient (Wildman–Crippen LogP) is 0.746. The van der Waals surface area contributed by atoms with E-state index >= 15 is 0 Å². The van der Waals surface area contributed by atoms with Crippen LogP contribution < -0.4 is 4.31 Å². The van der Waals surface area contributed by atoms with Gasteiger partial charge in [0.2, 0.25) is 0 Å². The highest BCUT2D eigenvalue weighted by Gasteiger charge is 2.40. The van der Waals surface area contributed by atoms with Crippen LogP contribution in [0.1, 0.15) is 5.56 Å². The lowest BCUT2D eigenvalue weighted by molar-refractivity contribution is 0.170. The Labute approximate surface area is 105 Å². The Balaban J connectivity index is 1.99. The number of para-hydroxylation sites is 1. The molecule has 3 rings (SSSR count). The fourth-order valence-corrected chi connectivity index (χ4v) is 3.79. The summed E-state index contributed by atoms with van der Waals surface area (Å²) < 4.78 is 31.5. The molecule has 18 heavy (non-hydrogen) atoms. The number of amides is 1. The van der Waals surface area contributed by atoms with Gasteiger partial charge in [-0.05, 0) is 18.1 Å². The summed E-state index contributed by atoms with van der Waals surface area (Å²) in [4.78, 5) is 11.4. The Morgan fingerprint density at radius 3 is 2.61 bits per heavy atom. The smallest absolute Gasteiger partial charge is 0.425 e. The van der Waals surface area contributed by atoms with Gasteiger partial charge >= 0.3 is 16.3 Å². The van der Waals surface area contributed by atoms with Crippen molar-refractivity contribution >= 4 is 22.0 Å². The van der Waals surface area contributed by atoms with Crippen molar-refractivity contribution in [3.05, 3.63) is 29.8 Å². The summed E-state index contributed by atoms with van der Waals surface area (Å²) in [6.07, 6.45) is -0.127. The van der Waals surface area contributed by atoms with Gasteiger partial charge in [0, 0.05) is 6.54 Å². The number of cyclic esters (lactones) is 1. The Morgan fingerprint density at radius 2 is 1.89 bits per heavy atom. The van der Waals surface area contributed by atoms with Gasteiger partial charge in [-0.1, -0.05) is 18.2 Å². The molecule has 0 saturated carbocycles. The molecule has 0 atom stereocenters. The number of hydrogen-bond acceptors (Lipinski definition) is 4. The van der Waals surface area contributed by atoms with Crippen LogP contribution in [0.5, 0.6) is 0 Å². The SMILES string of the molecule is O=C1OCCN1S(=O)(=O)N1CCc2ccccc21. The van der Waals surface area contributed by atoms with Crippen molar-refractivity contribution in [2.45, 2.75) is 6.42 Å². The third kappa shape index (κ3) is 1.54. The highest BCUT2D eigenvalue weighted by atomic mass is 32.2. The van der Waals surface area contributed by atoms with E-state index in [0.29, 0.717) is 18.7 Å². The maximum absolute atomic E-state index is 12.4. The number of nitrogens with zero attached hydrogens (tertiary/aromatic N) is 2. The highest BCUT2D eigenvalue weighted by Crippen LogP contribution is 2.31. The van der Waals surface area contributed by atoms with Crippen molar-refractivity contribution in [1.82, 2.24) is 4.31 Å². The minimum absolute atomic E-state index is 0.0832. The third-order valence-electron chi connectivity index (χ3n) is 3.13. The van der Waals surface area contributed by atoms with Gasteiger partial charge in [0.25, 0.3) is 0 Å². The number of benzene rings is 1. The molecule has 0 radical (unpaired) electrons. The zero-order valence-corrected chi connectivity index (χ0v) is 10.4. The Morgan fingerprint density at radius 1 is 1.11 bits per heavy atom. The summed E-state index contributed by atoms with van der Waals surface area (Å²) in [5, 5.41) is 0. The molecule has 6 nitrogen and oxygen atoms in total. The van der Waals surface area contributed by atoms with Crippen LogP contribution in [0.25, 0.3) is 0 Å². The Bertz CT molecular complexity index is 599. The minimum Gasteiger partial charge on any atom is -0.447 e. The quantitative estimate of drug-likeness (QED) is 0.793. The van der Waals surface area contributed by atoms with Gasteiger partial charge in [-0.15, -0.1) is 0 Å². The molecular formula is C11H12N2O4S. The molecule has 0 bridgehead atoms. The summed E-state index contributed by atoms with van der Waals surface area (Å²) in [6.45, 7) is 0.568.